The van der Waals surface area contributed by atoms with Crippen molar-refractivity contribution in [3.63, 3.8) is 0 Å². The first-order chi connectivity index (χ1) is 18.0. The molecule has 0 aliphatic heterocycles. The van der Waals surface area contributed by atoms with Gasteiger partial charge in [0, 0.05) is 39.3 Å². The van der Waals surface area contributed by atoms with E-state index in [0.29, 0.717) is 27.5 Å². The number of methoxy groups -OCH3 is 1. The Balaban J connectivity index is 1.52. The minimum atomic E-state index is -0.0157. The van der Waals surface area contributed by atoms with Gasteiger partial charge in [-0.2, -0.15) is 0 Å². The number of hydrogen-bond acceptors (Lipinski definition) is 4. The topological polar surface area (TPSA) is 41.6 Å². The van der Waals surface area contributed by atoms with Crippen LogP contribution in [0.2, 0.25) is 10.0 Å². The maximum absolute atomic E-state index is 14.2. The molecule has 4 aromatic rings. The van der Waals surface area contributed by atoms with Gasteiger partial charge >= 0.3 is 0 Å². The molecule has 0 unspecified atom stereocenters. The highest BCUT2D eigenvalue weighted by Gasteiger charge is 2.32. The van der Waals surface area contributed by atoms with Crippen molar-refractivity contribution in [1.82, 2.24) is 10.2 Å². The van der Waals surface area contributed by atoms with Crippen LogP contribution in [-0.4, -0.2) is 37.0 Å². The van der Waals surface area contributed by atoms with Crippen LogP contribution in [0.4, 0.5) is 0 Å². The van der Waals surface area contributed by atoms with Gasteiger partial charge in [-0.05, 0) is 74.2 Å². The van der Waals surface area contributed by atoms with Gasteiger partial charge in [0.05, 0.1) is 12.1 Å². The van der Waals surface area contributed by atoms with Gasteiger partial charge in [-0.3, -0.25) is 4.79 Å². The van der Waals surface area contributed by atoms with E-state index in [1.807, 2.05) is 72.6 Å². The van der Waals surface area contributed by atoms with Crippen molar-refractivity contribution in [2.75, 3.05) is 14.2 Å². The number of nitrogens with zero attached hydrogens (tertiary/aromatic N) is 1. The molecular formula is C30H30Cl2N2O2S. The molecule has 0 radical (unpaired) electrons. The summed E-state index contributed by atoms with van der Waals surface area (Å²) in [7, 11) is 3.69. The van der Waals surface area contributed by atoms with Crippen LogP contribution in [0.1, 0.15) is 40.9 Å². The number of amides is 1. The predicted octanol–water partition coefficient (Wildman–Crippen LogP) is 8.06. The highest BCUT2D eigenvalue weighted by molar-refractivity contribution is 7.21. The lowest BCUT2D eigenvalue weighted by molar-refractivity contribution is 0.0604. The summed E-state index contributed by atoms with van der Waals surface area (Å²) >= 11 is 14.4. The molecule has 1 fully saturated rings. The minimum absolute atomic E-state index is 0.0157. The van der Waals surface area contributed by atoms with E-state index in [0.717, 1.165) is 58.2 Å². The third kappa shape index (κ3) is 5.51. The first-order valence-corrected chi connectivity index (χ1v) is 14.1. The molecule has 192 valence electrons. The van der Waals surface area contributed by atoms with Crippen LogP contribution in [0.25, 0.3) is 21.2 Å². The zero-order valence-corrected chi connectivity index (χ0v) is 23.3. The van der Waals surface area contributed by atoms with Gasteiger partial charge in [0.15, 0.2) is 0 Å². The van der Waals surface area contributed by atoms with Crippen LogP contribution in [-0.2, 0) is 6.54 Å². The Kier molecular flexibility index (Phi) is 8.06. The summed E-state index contributed by atoms with van der Waals surface area (Å²) in [5.74, 6) is 0.750. The minimum Gasteiger partial charge on any atom is -0.496 e. The Morgan fingerprint density at radius 3 is 2.38 bits per heavy atom. The third-order valence-electron chi connectivity index (χ3n) is 7.33. The molecule has 1 aromatic heterocycles. The fourth-order valence-corrected chi connectivity index (χ4v) is 6.83. The van der Waals surface area contributed by atoms with Crippen LogP contribution in [0.5, 0.6) is 5.75 Å². The smallest absolute Gasteiger partial charge is 0.266 e. The Morgan fingerprint density at radius 1 is 1.00 bits per heavy atom. The predicted molar refractivity (Wildman–Crippen MR) is 155 cm³/mol. The number of nitrogens with one attached hydrogen (secondary N) is 1. The number of rotatable bonds is 7. The van der Waals surface area contributed by atoms with E-state index >= 15 is 0 Å². The number of hydrogen-bond donors (Lipinski definition) is 1. The maximum Gasteiger partial charge on any atom is 0.266 e. The monoisotopic (exact) mass is 552 g/mol. The Labute approximate surface area is 232 Å². The fourth-order valence-electron chi connectivity index (χ4n) is 5.23. The van der Waals surface area contributed by atoms with Crippen LogP contribution >= 0.6 is 34.5 Å². The number of halogens is 2. The highest BCUT2D eigenvalue weighted by Crippen LogP contribution is 2.38. The summed E-state index contributed by atoms with van der Waals surface area (Å²) in [6.07, 6.45) is 3.96. The van der Waals surface area contributed by atoms with Gasteiger partial charge in [-0.15, -0.1) is 11.3 Å². The lowest BCUT2D eigenvalue weighted by Gasteiger charge is -2.37. The second kappa shape index (κ2) is 11.4. The van der Waals surface area contributed by atoms with E-state index in [1.165, 1.54) is 11.3 Å². The molecular weight excluding hydrogens is 523 g/mol. The van der Waals surface area contributed by atoms with Crippen LogP contribution < -0.4 is 10.1 Å². The van der Waals surface area contributed by atoms with E-state index in [1.54, 1.807) is 7.11 Å². The first-order valence-electron chi connectivity index (χ1n) is 12.6. The lowest BCUT2D eigenvalue weighted by Crippen LogP contribution is -2.44. The molecule has 0 spiro atoms. The van der Waals surface area contributed by atoms with Gasteiger partial charge < -0.3 is 15.0 Å². The van der Waals surface area contributed by atoms with Gasteiger partial charge in [-0.1, -0.05) is 59.6 Å². The molecule has 1 amide bonds. The summed E-state index contributed by atoms with van der Waals surface area (Å²) in [5, 5.41) is 5.57. The van der Waals surface area contributed by atoms with Crippen molar-refractivity contribution in [1.29, 1.82) is 0 Å². The van der Waals surface area contributed by atoms with Crippen LogP contribution in [0.3, 0.4) is 0 Å². The molecule has 37 heavy (non-hydrogen) atoms. The van der Waals surface area contributed by atoms with E-state index in [9.17, 15) is 4.79 Å². The summed E-state index contributed by atoms with van der Waals surface area (Å²) in [5.41, 5.74) is 3.09. The van der Waals surface area contributed by atoms with Crippen LogP contribution in [0.15, 0.2) is 66.7 Å². The summed E-state index contributed by atoms with van der Waals surface area (Å²) < 4.78 is 6.77. The van der Waals surface area contributed by atoms with Gasteiger partial charge in [0.25, 0.3) is 5.91 Å². The molecule has 4 nitrogen and oxygen atoms in total. The molecule has 1 aliphatic carbocycles. The van der Waals surface area contributed by atoms with E-state index < -0.39 is 0 Å². The Morgan fingerprint density at radius 2 is 1.70 bits per heavy atom. The molecule has 1 saturated carbocycles. The molecule has 1 N–H and O–H groups in total. The standard InChI is InChI=1S/C30H30Cl2N2O2S/c1-33-23-12-14-24(15-13-23)34(30(35)29-28(32)25-5-3-4-6-27(25)37-29)18-21-17-20(9-16-26(21)36-2)19-7-10-22(31)11-8-19/h3-11,16-17,23-24,33H,12-15,18H2,1-2H3/t23-,24-. The SMILES string of the molecule is CN[C@H]1CC[C@H](N(Cc2cc(-c3ccc(Cl)cc3)ccc2OC)C(=O)c2sc3ccccc3c2Cl)CC1. The second-order valence-electron chi connectivity index (χ2n) is 9.50. The quantitative estimate of drug-likeness (QED) is 0.252. The van der Waals surface area contributed by atoms with E-state index in [4.69, 9.17) is 27.9 Å². The number of benzene rings is 3. The molecule has 3 aromatic carbocycles. The maximum atomic E-state index is 14.2. The summed E-state index contributed by atoms with van der Waals surface area (Å²) in [4.78, 5) is 16.8. The summed E-state index contributed by atoms with van der Waals surface area (Å²) in [6, 6.07) is 22.5. The van der Waals surface area contributed by atoms with Gasteiger partial charge in [0.1, 0.15) is 10.6 Å². The zero-order chi connectivity index (χ0) is 25.9. The average Bonchev–Trinajstić information content (AvgIpc) is 3.28. The molecule has 1 aliphatic rings. The molecule has 5 rings (SSSR count). The number of ether oxygens (including phenoxy) is 1. The van der Waals surface area contributed by atoms with Crippen molar-refractivity contribution in [3.8, 4) is 16.9 Å². The lowest BCUT2D eigenvalue weighted by atomic mass is 9.89. The van der Waals surface area contributed by atoms with E-state index in [-0.39, 0.29) is 11.9 Å². The van der Waals surface area contributed by atoms with Crippen molar-refractivity contribution in [2.24, 2.45) is 0 Å². The Bertz CT molecular complexity index is 1390. The number of thiophene rings is 1. The number of carbonyl (C=O) groups is 1. The molecule has 0 saturated heterocycles. The van der Waals surface area contributed by atoms with Crippen molar-refractivity contribution in [3.05, 3.63) is 87.2 Å². The Hall–Kier alpha value is -2.57. The van der Waals surface area contributed by atoms with Gasteiger partial charge in [-0.25, -0.2) is 0 Å². The molecule has 7 heteroatoms. The first kappa shape index (κ1) is 26.1. The largest absolute Gasteiger partial charge is 0.496 e. The number of carbonyl (C=O) groups excluding carboxylic acids is 1. The van der Waals surface area contributed by atoms with Crippen LogP contribution in [0, 0.1) is 0 Å². The number of fused-ring (bicyclic) bond motifs is 1. The second-order valence-corrected chi connectivity index (χ2v) is 11.4. The van der Waals surface area contributed by atoms with Crippen molar-refractivity contribution >= 4 is 50.5 Å². The fraction of sp³-hybridized carbons (Fsp3) is 0.300. The van der Waals surface area contributed by atoms with Crippen molar-refractivity contribution < 1.29 is 9.53 Å². The molecule has 0 atom stereocenters. The summed E-state index contributed by atoms with van der Waals surface area (Å²) in [6.45, 7) is 0.447. The van der Waals surface area contributed by atoms with Gasteiger partial charge in [0.2, 0.25) is 0 Å². The molecule has 1 heterocycles. The molecule has 0 bridgehead atoms. The highest BCUT2D eigenvalue weighted by atomic mass is 35.5. The zero-order valence-electron chi connectivity index (χ0n) is 21.0. The third-order valence-corrected chi connectivity index (χ3v) is 9.25. The normalized spacial score (nSPS) is 17.6. The van der Waals surface area contributed by atoms with Crippen molar-refractivity contribution in [2.45, 2.75) is 44.3 Å². The average molecular weight is 554 g/mol. The van der Waals surface area contributed by atoms with E-state index in [2.05, 4.69) is 11.4 Å².